The highest BCUT2D eigenvalue weighted by atomic mass is 32.1. The minimum absolute atomic E-state index is 0.515. The van der Waals surface area contributed by atoms with E-state index in [0.29, 0.717) is 0 Å². The van der Waals surface area contributed by atoms with Crippen LogP contribution in [0.25, 0.3) is 118 Å². The second-order valence-corrected chi connectivity index (χ2v) is 27.1. The molecule has 0 atom stereocenters. The number of hydrogen-bond donors (Lipinski definition) is 0. The van der Waals surface area contributed by atoms with Gasteiger partial charge in [-0.1, -0.05) is 267 Å². The van der Waals surface area contributed by atoms with Crippen LogP contribution in [0.3, 0.4) is 0 Å². The van der Waals surface area contributed by atoms with Crippen molar-refractivity contribution < 1.29 is 0 Å². The Balaban J connectivity index is 0.840. The molecule has 2 aliphatic carbocycles. The maximum atomic E-state index is 2.53. The van der Waals surface area contributed by atoms with Crippen LogP contribution in [0.2, 0.25) is 0 Å². The lowest BCUT2D eigenvalue weighted by atomic mass is 9.70. The molecule has 0 amide bonds. The van der Waals surface area contributed by atoms with E-state index < -0.39 is 5.41 Å². The van der Waals surface area contributed by atoms with Crippen LogP contribution in [0.15, 0.2) is 352 Å². The molecular weight excluding hydrogens is 1190 g/mol. The van der Waals surface area contributed by atoms with Gasteiger partial charge in [0.05, 0.1) is 5.41 Å². The zero-order valence-electron chi connectivity index (χ0n) is 51.7. The SMILES string of the molecule is c1ccc(-c2ccc(N(c3ccc(-c4cccc5c4sc4ccccc45)cc3)c3cc(-c4ccc5c(c4)C4(c6ccccc6-c6ccccc64)c4ccccc4-5)cc(N(c4ccc(-c5ccccc5)cc4)c4ccc(-c5cccc6c5sc5ccccc56)cc4)c3)cc2)cc1. The fraction of sp³-hybridized carbons (Fsp3) is 0.0110. The Bertz CT molecular complexity index is 5500. The van der Waals surface area contributed by atoms with Gasteiger partial charge in [-0.2, -0.15) is 0 Å². The van der Waals surface area contributed by atoms with Gasteiger partial charge in [-0.25, -0.2) is 0 Å². The summed E-state index contributed by atoms with van der Waals surface area (Å²) in [4.78, 5) is 4.93. The van der Waals surface area contributed by atoms with Crippen LogP contribution in [0.5, 0.6) is 0 Å². The number of hydrogen-bond acceptors (Lipinski definition) is 4. The third kappa shape index (κ3) is 8.90. The van der Waals surface area contributed by atoms with Crippen molar-refractivity contribution in [3.8, 4) is 77.9 Å². The van der Waals surface area contributed by atoms with E-state index in [1.54, 1.807) is 0 Å². The molecule has 0 saturated carbocycles. The Kier molecular flexibility index (Phi) is 12.9. The van der Waals surface area contributed by atoms with Gasteiger partial charge in [0.2, 0.25) is 0 Å². The topological polar surface area (TPSA) is 6.48 Å². The molecule has 2 heterocycles. The normalized spacial score (nSPS) is 12.5. The van der Waals surface area contributed by atoms with E-state index in [9.17, 15) is 0 Å². The summed E-state index contributed by atoms with van der Waals surface area (Å²) >= 11 is 3.75. The average molecular weight is 1240 g/mol. The minimum atomic E-state index is -0.515. The van der Waals surface area contributed by atoms with Crippen molar-refractivity contribution in [3.05, 3.63) is 374 Å². The number of benzene rings is 15. The molecule has 15 aromatic carbocycles. The summed E-state index contributed by atoms with van der Waals surface area (Å²) in [6.07, 6.45) is 0. The van der Waals surface area contributed by atoms with Gasteiger partial charge in [0.1, 0.15) is 0 Å². The van der Waals surface area contributed by atoms with E-state index in [1.807, 2.05) is 22.7 Å². The Morgan fingerprint density at radius 1 is 0.189 bits per heavy atom. The zero-order valence-corrected chi connectivity index (χ0v) is 53.3. The monoisotopic (exact) mass is 1240 g/mol. The largest absolute Gasteiger partial charge is 0.310 e. The molecular formula is C91H58N2S2. The van der Waals surface area contributed by atoms with E-state index >= 15 is 0 Å². The van der Waals surface area contributed by atoms with Gasteiger partial charge in [0.25, 0.3) is 0 Å². The fourth-order valence-electron chi connectivity index (χ4n) is 15.6. The van der Waals surface area contributed by atoms with Crippen molar-refractivity contribution in [2.24, 2.45) is 0 Å². The summed E-state index contributed by atoms with van der Waals surface area (Å²) in [5.41, 5.74) is 27.9. The van der Waals surface area contributed by atoms with Crippen molar-refractivity contribution in [2.75, 3.05) is 9.80 Å². The maximum Gasteiger partial charge on any atom is 0.0725 e. The highest BCUT2D eigenvalue weighted by Crippen LogP contribution is 2.63. The number of rotatable bonds is 11. The van der Waals surface area contributed by atoms with Crippen molar-refractivity contribution in [1.82, 2.24) is 0 Å². The number of thiophene rings is 2. The summed E-state index contributed by atoms with van der Waals surface area (Å²) < 4.78 is 5.21. The van der Waals surface area contributed by atoms with Gasteiger partial charge in [-0.3, -0.25) is 0 Å². The van der Waals surface area contributed by atoms with Gasteiger partial charge in [0, 0.05) is 74.5 Å². The number of fused-ring (bicyclic) bond motifs is 16. The van der Waals surface area contributed by atoms with E-state index in [1.165, 1.54) is 118 Å². The maximum absolute atomic E-state index is 2.53. The molecule has 2 aromatic heterocycles. The van der Waals surface area contributed by atoms with Crippen LogP contribution < -0.4 is 9.80 Å². The van der Waals surface area contributed by atoms with E-state index in [-0.39, 0.29) is 0 Å². The molecule has 2 aliphatic rings. The molecule has 2 nitrogen and oxygen atoms in total. The molecule has 0 aliphatic heterocycles. The molecule has 0 saturated heterocycles. The smallest absolute Gasteiger partial charge is 0.0725 e. The molecule has 0 fully saturated rings. The second-order valence-electron chi connectivity index (χ2n) is 25.0. The van der Waals surface area contributed by atoms with Crippen molar-refractivity contribution >= 4 is 97.1 Å². The molecule has 1 spiro atoms. The van der Waals surface area contributed by atoms with Crippen molar-refractivity contribution in [3.63, 3.8) is 0 Å². The molecule has 0 bridgehead atoms. The van der Waals surface area contributed by atoms with Gasteiger partial charge in [-0.15, -0.1) is 22.7 Å². The van der Waals surface area contributed by atoms with Crippen LogP contribution in [-0.4, -0.2) is 0 Å². The lowest BCUT2D eigenvalue weighted by Crippen LogP contribution is -2.25. The van der Waals surface area contributed by atoms with E-state index in [4.69, 9.17) is 0 Å². The number of anilines is 6. The molecule has 17 aromatic rings. The van der Waals surface area contributed by atoms with Crippen molar-refractivity contribution in [1.29, 1.82) is 0 Å². The Morgan fingerprint density at radius 2 is 0.516 bits per heavy atom. The molecule has 19 rings (SSSR count). The van der Waals surface area contributed by atoms with Gasteiger partial charge in [0.15, 0.2) is 0 Å². The fourth-order valence-corrected chi connectivity index (χ4v) is 18.1. The van der Waals surface area contributed by atoms with Gasteiger partial charge < -0.3 is 9.80 Å². The Morgan fingerprint density at radius 3 is 0.947 bits per heavy atom. The first-order valence-corrected chi connectivity index (χ1v) is 34.2. The summed E-state index contributed by atoms with van der Waals surface area (Å²) in [7, 11) is 0. The minimum Gasteiger partial charge on any atom is -0.310 e. The molecule has 0 radical (unpaired) electrons. The third-order valence-electron chi connectivity index (χ3n) is 19.9. The predicted molar refractivity (Wildman–Crippen MR) is 405 cm³/mol. The van der Waals surface area contributed by atoms with E-state index in [0.717, 1.165) is 56.4 Å². The number of nitrogens with zero attached hydrogens (tertiary/aromatic N) is 2. The van der Waals surface area contributed by atoms with E-state index in [2.05, 4.69) is 362 Å². The van der Waals surface area contributed by atoms with Gasteiger partial charge in [-0.05, 0) is 185 Å². The van der Waals surface area contributed by atoms with Crippen LogP contribution in [0, 0.1) is 0 Å². The Hall–Kier alpha value is -11.7. The zero-order chi connectivity index (χ0) is 62.6. The predicted octanol–water partition coefficient (Wildman–Crippen LogP) is 26.0. The lowest BCUT2D eigenvalue weighted by molar-refractivity contribution is 0.794. The highest BCUT2D eigenvalue weighted by molar-refractivity contribution is 7.26. The van der Waals surface area contributed by atoms with Gasteiger partial charge >= 0.3 is 0 Å². The standard InChI is InChI=1S/C91H58N2S2/c1-3-19-59(20-4-1)61-37-46-67(47-38-61)92(69-50-41-63(42-51-69)73-28-17-30-81-79-26-10-15-35-87(79)94-89(73)81)71-55-66(65-45-54-78-77-25-9-14-34-85(77)91(86(78)57-65)83-32-12-7-23-75(83)76-24-8-13-33-84(76)91)56-72(58-71)93(68-48-39-62(40-49-68)60-21-5-2-6-22-60)70-52-43-64(44-53-70)74-29-18-31-82-80-27-11-16-36-88(80)95-90(74)82/h1-58H. The first kappa shape index (κ1) is 55.0. The quantitative estimate of drug-likeness (QED) is 0.127. The summed E-state index contributed by atoms with van der Waals surface area (Å²) in [6.45, 7) is 0. The lowest BCUT2D eigenvalue weighted by Gasteiger charge is -2.31. The van der Waals surface area contributed by atoms with Crippen LogP contribution in [0.4, 0.5) is 34.1 Å². The molecule has 0 N–H and O–H groups in total. The first-order valence-electron chi connectivity index (χ1n) is 32.6. The summed E-state index contributed by atoms with van der Waals surface area (Å²) in [5, 5.41) is 5.19. The summed E-state index contributed by atoms with van der Waals surface area (Å²) in [6, 6.07) is 131. The van der Waals surface area contributed by atoms with Crippen LogP contribution in [-0.2, 0) is 5.41 Å². The molecule has 4 heteroatoms. The van der Waals surface area contributed by atoms with Crippen LogP contribution in [0.1, 0.15) is 22.3 Å². The summed E-state index contributed by atoms with van der Waals surface area (Å²) in [5.74, 6) is 0. The third-order valence-corrected chi connectivity index (χ3v) is 22.3. The average Bonchev–Trinajstić information content (AvgIpc) is 1.51. The Labute approximate surface area is 560 Å². The first-order chi connectivity index (χ1) is 47.1. The molecule has 95 heavy (non-hydrogen) atoms. The highest BCUT2D eigenvalue weighted by Gasteiger charge is 2.51. The van der Waals surface area contributed by atoms with Crippen molar-refractivity contribution in [2.45, 2.75) is 5.41 Å². The second kappa shape index (κ2) is 22.3. The van der Waals surface area contributed by atoms with Crippen LogP contribution >= 0.6 is 22.7 Å². The molecule has 444 valence electrons. The molecule has 0 unspecified atom stereocenters.